The molecule has 38 heavy (non-hydrogen) atoms. The maximum Gasteiger partial charge on any atom is 0.416 e. The van der Waals surface area contributed by atoms with E-state index in [4.69, 9.17) is 9.47 Å². The predicted molar refractivity (Wildman–Crippen MR) is 151 cm³/mol. The first kappa shape index (κ1) is 26.9. The Morgan fingerprint density at radius 2 is 1.61 bits per heavy atom. The van der Waals surface area contributed by atoms with E-state index in [-0.39, 0.29) is 5.91 Å². The number of ether oxygens (including phenoxy) is 2. The van der Waals surface area contributed by atoms with Gasteiger partial charge in [-0.3, -0.25) is 4.79 Å². The van der Waals surface area contributed by atoms with Crippen molar-refractivity contribution in [1.82, 2.24) is 10.3 Å². The van der Waals surface area contributed by atoms with Crippen LogP contribution in [0, 0.1) is 0 Å². The number of anilines is 1. The molecule has 0 aliphatic heterocycles. The lowest BCUT2D eigenvalue weighted by molar-refractivity contribution is 0.0577. The van der Waals surface area contributed by atoms with Crippen LogP contribution in [0.1, 0.15) is 42.3 Å². The van der Waals surface area contributed by atoms with Gasteiger partial charge in [0.05, 0.1) is 18.5 Å². The summed E-state index contributed by atoms with van der Waals surface area (Å²) in [5, 5.41) is 3.46. The third-order valence-corrected chi connectivity index (χ3v) is 6.63. The molecule has 3 aromatic carbocycles. The first-order valence-electron chi connectivity index (χ1n) is 12.2. The van der Waals surface area contributed by atoms with Gasteiger partial charge in [0.2, 0.25) is 0 Å². The maximum absolute atomic E-state index is 13.1. The largest absolute Gasteiger partial charge is 0.497 e. The number of benzene rings is 3. The van der Waals surface area contributed by atoms with Crippen LogP contribution in [0.25, 0.3) is 10.4 Å². The van der Waals surface area contributed by atoms with E-state index < -0.39 is 11.7 Å². The van der Waals surface area contributed by atoms with Crippen molar-refractivity contribution in [2.24, 2.45) is 0 Å². The summed E-state index contributed by atoms with van der Waals surface area (Å²) in [7, 11) is 1.61. The summed E-state index contributed by atoms with van der Waals surface area (Å²) in [6.07, 6.45) is 1.26. The zero-order chi connectivity index (χ0) is 27.1. The number of thiazole rings is 1. The molecule has 0 spiro atoms. The Kier molecular flexibility index (Phi) is 8.43. The van der Waals surface area contributed by atoms with Gasteiger partial charge < -0.3 is 14.8 Å². The zero-order valence-electron chi connectivity index (χ0n) is 21.9. The third kappa shape index (κ3) is 7.20. The van der Waals surface area contributed by atoms with E-state index >= 15 is 0 Å². The molecule has 1 N–H and O–H groups in total. The van der Waals surface area contributed by atoms with Crippen molar-refractivity contribution in [3.63, 3.8) is 0 Å². The summed E-state index contributed by atoms with van der Waals surface area (Å²) in [6, 6.07) is 24.7. The molecule has 0 bridgehead atoms. The van der Waals surface area contributed by atoms with Crippen molar-refractivity contribution in [2.75, 3.05) is 12.0 Å². The van der Waals surface area contributed by atoms with Gasteiger partial charge in [0, 0.05) is 18.3 Å². The average molecular weight is 530 g/mol. The van der Waals surface area contributed by atoms with Crippen LogP contribution < -0.4 is 15.0 Å². The molecular weight excluding hydrogens is 498 g/mol. The summed E-state index contributed by atoms with van der Waals surface area (Å²) < 4.78 is 10.9. The summed E-state index contributed by atoms with van der Waals surface area (Å²) in [6.45, 7) is 6.27. The van der Waals surface area contributed by atoms with Crippen LogP contribution in [-0.2, 0) is 17.8 Å². The van der Waals surface area contributed by atoms with Gasteiger partial charge in [-0.1, -0.05) is 65.9 Å². The number of rotatable bonds is 8. The molecule has 196 valence electrons. The molecule has 1 aromatic heterocycles. The van der Waals surface area contributed by atoms with Gasteiger partial charge in [-0.2, -0.15) is 0 Å². The van der Waals surface area contributed by atoms with E-state index in [1.807, 2.05) is 87.5 Å². The fraction of sp³-hybridized carbons (Fsp3) is 0.233. The van der Waals surface area contributed by atoms with Crippen molar-refractivity contribution in [1.29, 1.82) is 0 Å². The summed E-state index contributed by atoms with van der Waals surface area (Å²) in [4.78, 5) is 32.6. The lowest BCUT2D eigenvalue weighted by Gasteiger charge is -2.26. The first-order valence-corrected chi connectivity index (χ1v) is 13.1. The number of nitrogens with one attached hydrogen (secondary N) is 1. The molecule has 7 nitrogen and oxygen atoms in total. The van der Waals surface area contributed by atoms with Crippen molar-refractivity contribution in [3.05, 3.63) is 102 Å². The molecule has 0 atom stereocenters. The van der Waals surface area contributed by atoms with Gasteiger partial charge in [-0.15, -0.1) is 0 Å². The highest BCUT2D eigenvalue weighted by Crippen LogP contribution is 2.33. The maximum atomic E-state index is 13.1. The van der Waals surface area contributed by atoms with E-state index in [0.717, 1.165) is 27.3 Å². The molecule has 1 heterocycles. The highest BCUT2D eigenvalue weighted by molar-refractivity contribution is 7.19. The van der Waals surface area contributed by atoms with Crippen LogP contribution in [0.4, 0.5) is 9.93 Å². The second-order valence-electron chi connectivity index (χ2n) is 9.67. The van der Waals surface area contributed by atoms with Crippen molar-refractivity contribution < 1.29 is 19.1 Å². The molecule has 0 aliphatic carbocycles. The highest BCUT2D eigenvalue weighted by Gasteiger charge is 2.26. The van der Waals surface area contributed by atoms with Gasteiger partial charge in [-0.25, -0.2) is 14.7 Å². The SMILES string of the molecule is COc1ccc(CN(C(=O)OC(C)(C)C)c2ncc(-c3ccc(C(=O)NCc4ccccc4)cc3)s2)cc1. The smallest absolute Gasteiger partial charge is 0.416 e. The van der Waals surface area contributed by atoms with E-state index in [9.17, 15) is 9.59 Å². The van der Waals surface area contributed by atoms with Crippen molar-refractivity contribution in [2.45, 2.75) is 39.5 Å². The topological polar surface area (TPSA) is 80.8 Å². The first-order chi connectivity index (χ1) is 18.2. The monoisotopic (exact) mass is 529 g/mol. The number of hydrogen-bond donors (Lipinski definition) is 1. The minimum absolute atomic E-state index is 0.138. The van der Waals surface area contributed by atoms with Crippen LogP contribution in [0.15, 0.2) is 85.1 Å². The molecule has 8 heteroatoms. The Morgan fingerprint density at radius 1 is 0.921 bits per heavy atom. The number of methoxy groups -OCH3 is 1. The normalized spacial score (nSPS) is 11.1. The third-order valence-electron chi connectivity index (χ3n) is 5.57. The number of carbonyl (C=O) groups is 2. The standard InChI is InChI=1S/C30H31N3O4S/c1-30(2,3)37-29(35)33(20-22-10-16-25(36-4)17-11-22)28-32-19-26(38-28)23-12-14-24(15-13-23)27(34)31-18-21-8-6-5-7-9-21/h5-17,19H,18,20H2,1-4H3,(H,31,34). The molecule has 4 rings (SSSR count). The summed E-state index contributed by atoms with van der Waals surface area (Å²) in [5.41, 5.74) is 2.79. The van der Waals surface area contributed by atoms with E-state index in [2.05, 4.69) is 10.3 Å². The van der Waals surface area contributed by atoms with Crippen LogP contribution in [-0.4, -0.2) is 29.7 Å². The Labute approximate surface area is 227 Å². The van der Waals surface area contributed by atoms with E-state index in [1.165, 1.54) is 16.2 Å². The minimum Gasteiger partial charge on any atom is -0.497 e. The van der Waals surface area contributed by atoms with E-state index in [1.54, 1.807) is 25.4 Å². The van der Waals surface area contributed by atoms with Gasteiger partial charge >= 0.3 is 6.09 Å². The molecule has 0 unspecified atom stereocenters. The van der Waals surface area contributed by atoms with Gasteiger partial charge in [-0.05, 0) is 61.7 Å². The number of hydrogen-bond acceptors (Lipinski definition) is 6. The van der Waals surface area contributed by atoms with E-state index in [0.29, 0.717) is 23.8 Å². The van der Waals surface area contributed by atoms with Crippen molar-refractivity contribution in [3.8, 4) is 16.2 Å². The number of carbonyl (C=O) groups excluding carboxylic acids is 2. The van der Waals surface area contributed by atoms with Crippen molar-refractivity contribution >= 4 is 28.5 Å². The number of nitrogens with zero attached hydrogens (tertiary/aromatic N) is 2. The predicted octanol–water partition coefficient (Wildman–Crippen LogP) is 6.69. The molecular formula is C30H31N3O4S. The highest BCUT2D eigenvalue weighted by atomic mass is 32.1. The fourth-order valence-corrected chi connectivity index (χ4v) is 4.54. The summed E-state index contributed by atoms with van der Waals surface area (Å²) in [5.74, 6) is 0.604. The zero-order valence-corrected chi connectivity index (χ0v) is 22.7. The lowest BCUT2D eigenvalue weighted by Crippen LogP contribution is -2.36. The quantitative estimate of drug-likeness (QED) is 0.275. The molecule has 0 fully saturated rings. The Balaban J connectivity index is 1.49. The van der Waals surface area contributed by atoms with Gasteiger partial charge in [0.1, 0.15) is 11.4 Å². The van der Waals surface area contributed by atoms with Crippen LogP contribution in [0.5, 0.6) is 5.75 Å². The van der Waals surface area contributed by atoms with Crippen LogP contribution in [0.3, 0.4) is 0 Å². The second kappa shape index (κ2) is 11.9. The molecule has 0 saturated heterocycles. The lowest BCUT2D eigenvalue weighted by atomic mass is 10.1. The second-order valence-corrected chi connectivity index (χ2v) is 10.7. The van der Waals surface area contributed by atoms with Gasteiger partial charge in [0.15, 0.2) is 5.13 Å². The summed E-state index contributed by atoms with van der Waals surface area (Å²) >= 11 is 1.39. The minimum atomic E-state index is -0.647. The molecule has 0 aliphatic rings. The van der Waals surface area contributed by atoms with Crippen LogP contribution in [0.2, 0.25) is 0 Å². The fourth-order valence-electron chi connectivity index (χ4n) is 3.63. The molecule has 4 aromatic rings. The molecule has 2 amide bonds. The Hall–Kier alpha value is -4.17. The molecule has 0 radical (unpaired) electrons. The van der Waals surface area contributed by atoms with Gasteiger partial charge in [0.25, 0.3) is 5.91 Å². The molecule has 0 saturated carbocycles. The number of aromatic nitrogens is 1. The Bertz CT molecular complexity index is 1360. The van der Waals surface area contributed by atoms with Crippen LogP contribution >= 0.6 is 11.3 Å². The number of amides is 2. The average Bonchev–Trinajstić information content (AvgIpc) is 3.40. The Morgan fingerprint density at radius 3 is 2.24 bits per heavy atom.